The predicted molar refractivity (Wildman–Crippen MR) is 88.7 cm³/mol. The molecule has 0 aliphatic heterocycles. The van der Waals surface area contributed by atoms with Crippen molar-refractivity contribution in [3.63, 3.8) is 0 Å². The molecule has 1 rings (SSSR count). The van der Waals surface area contributed by atoms with Gasteiger partial charge in [-0.15, -0.1) is 23.7 Å². The number of halogens is 1. The van der Waals surface area contributed by atoms with Crippen LogP contribution in [0.2, 0.25) is 0 Å². The summed E-state index contributed by atoms with van der Waals surface area (Å²) in [5.41, 5.74) is 0. The molecule has 0 fully saturated rings. The number of carbonyl (C=O) groups excluding carboxylic acids is 1. The monoisotopic (exact) mass is 319 g/mol. The zero-order valence-electron chi connectivity index (χ0n) is 12.6. The molecule has 1 heterocycles. The Labute approximate surface area is 132 Å². The lowest BCUT2D eigenvalue weighted by molar-refractivity contribution is -0.130. The van der Waals surface area contributed by atoms with Crippen LogP contribution in [0.15, 0.2) is 17.5 Å². The van der Waals surface area contributed by atoms with E-state index < -0.39 is 0 Å². The first kappa shape index (κ1) is 19.4. The van der Waals surface area contributed by atoms with Crippen LogP contribution in [-0.4, -0.2) is 55.5 Å². The Balaban J connectivity index is 0.00000361. The van der Waals surface area contributed by atoms with Crippen LogP contribution in [-0.2, 0) is 11.3 Å². The number of hydrogen-bond acceptors (Lipinski definition) is 4. The number of nitrogens with zero attached hydrogens (tertiary/aromatic N) is 2. The minimum atomic E-state index is 0. The summed E-state index contributed by atoms with van der Waals surface area (Å²) >= 11 is 1.70. The highest BCUT2D eigenvalue weighted by Crippen LogP contribution is 2.12. The third kappa shape index (κ3) is 6.70. The molecular formula is C14H26ClN3OS. The van der Waals surface area contributed by atoms with Crippen LogP contribution < -0.4 is 5.32 Å². The van der Waals surface area contributed by atoms with E-state index in [2.05, 4.69) is 35.5 Å². The lowest BCUT2D eigenvalue weighted by Crippen LogP contribution is -2.41. The van der Waals surface area contributed by atoms with Crippen LogP contribution in [0.4, 0.5) is 0 Å². The molecule has 116 valence electrons. The summed E-state index contributed by atoms with van der Waals surface area (Å²) in [5.74, 6) is 0.169. The maximum Gasteiger partial charge on any atom is 0.236 e. The smallest absolute Gasteiger partial charge is 0.236 e. The molecule has 20 heavy (non-hydrogen) atoms. The Morgan fingerprint density at radius 3 is 2.50 bits per heavy atom. The molecular weight excluding hydrogens is 294 g/mol. The van der Waals surface area contributed by atoms with Crippen LogP contribution in [0.25, 0.3) is 0 Å². The largest absolute Gasteiger partial charge is 0.335 e. The number of nitrogens with one attached hydrogen (secondary N) is 1. The second-order valence-electron chi connectivity index (χ2n) is 4.45. The van der Waals surface area contributed by atoms with Crippen molar-refractivity contribution >= 4 is 29.7 Å². The topological polar surface area (TPSA) is 35.6 Å². The van der Waals surface area contributed by atoms with Crippen LogP contribution in [0, 0.1) is 0 Å². The van der Waals surface area contributed by atoms with Gasteiger partial charge in [-0.3, -0.25) is 4.79 Å². The molecule has 1 aromatic rings. The SMILES string of the molecule is CCN(CC)CCN(Cc1cccs1)C(=O)CNC.Cl. The Morgan fingerprint density at radius 1 is 1.30 bits per heavy atom. The lowest BCUT2D eigenvalue weighted by atomic mass is 10.3. The first-order valence-electron chi connectivity index (χ1n) is 6.88. The fourth-order valence-electron chi connectivity index (χ4n) is 1.95. The molecule has 0 saturated heterocycles. The van der Waals surface area contributed by atoms with E-state index in [1.807, 2.05) is 18.0 Å². The van der Waals surface area contributed by atoms with E-state index in [1.54, 1.807) is 11.3 Å². The fraction of sp³-hybridized carbons (Fsp3) is 0.643. The van der Waals surface area contributed by atoms with Gasteiger partial charge in [0.25, 0.3) is 0 Å². The summed E-state index contributed by atoms with van der Waals surface area (Å²) < 4.78 is 0. The van der Waals surface area contributed by atoms with Gasteiger partial charge in [-0.1, -0.05) is 19.9 Å². The molecule has 1 amide bonds. The molecule has 0 bridgehead atoms. The molecule has 0 radical (unpaired) electrons. The van der Waals surface area contributed by atoms with Gasteiger partial charge >= 0.3 is 0 Å². The third-order valence-electron chi connectivity index (χ3n) is 3.19. The van der Waals surface area contributed by atoms with Gasteiger partial charge in [0.1, 0.15) is 0 Å². The van der Waals surface area contributed by atoms with E-state index >= 15 is 0 Å². The van der Waals surface area contributed by atoms with E-state index in [9.17, 15) is 4.79 Å². The number of rotatable bonds is 9. The Kier molecular flexibility index (Phi) is 10.7. The van der Waals surface area contributed by atoms with Gasteiger partial charge in [0.2, 0.25) is 5.91 Å². The van der Waals surface area contributed by atoms with Crippen LogP contribution in [0.1, 0.15) is 18.7 Å². The second kappa shape index (κ2) is 11.1. The van der Waals surface area contributed by atoms with Crippen molar-refractivity contribution in [1.82, 2.24) is 15.1 Å². The van der Waals surface area contributed by atoms with Gasteiger partial charge < -0.3 is 15.1 Å². The van der Waals surface area contributed by atoms with Gasteiger partial charge in [-0.25, -0.2) is 0 Å². The van der Waals surface area contributed by atoms with Crippen molar-refractivity contribution in [2.75, 3.05) is 39.8 Å². The van der Waals surface area contributed by atoms with Crippen LogP contribution >= 0.6 is 23.7 Å². The number of amides is 1. The summed E-state index contributed by atoms with van der Waals surface area (Å²) in [6.45, 7) is 9.23. The fourth-order valence-corrected chi connectivity index (χ4v) is 2.67. The summed E-state index contributed by atoms with van der Waals surface area (Å²) in [7, 11) is 1.81. The predicted octanol–water partition coefficient (Wildman–Crippen LogP) is 2.06. The molecule has 1 N–H and O–H groups in total. The van der Waals surface area contributed by atoms with E-state index in [-0.39, 0.29) is 18.3 Å². The van der Waals surface area contributed by atoms with Gasteiger partial charge in [0, 0.05) is 18.0 Å². The number of likely N-dealkylation sites (N-methyl/N-ethyl adjacent to an activating group) is 2. The molecule has 0 atom stereocenters. The highest BCUT2D eigenvalue weighted by Gasteiger charge is 2.14. The van der Waals surface area contributed by atoms with E-state index in [4.69, 9.17) is 0 Å². The summed E-state index contributed by atoms with van der Waals surface area (Å²) in [6.07, 6.45) is 0. The molecule has 0 spiro atoms. The molecule has 0 aromatic carbocycles. The summed E-state index contributed by atoms with van der Waals surface area (Å²) in [6, 6.07) is 4.12. The number of carbonyl (C=O) groups is 1. The molecule has 0 saturated carbocycles. The highest BCUT2D eigenvalue weighted by molar-refractivity contribution is 7.09. The Hall–Kier alpha value is -0.620. The molecule has 1 aromatic heterocycles. The standard InChI is InChI=1S/C14H25N3OS.ClH/c1-4-16(5-2)8-9-17(14(18)11-15-3)12-13-7-6-10-19-13;/h6-7,10,15H,4-5,8-9,11-12H2,1-3H3;1H. The quantitative estimate of drug-likeness (QED) is 0.757. The van der Waals surface area contributed by atoms with Crippen molar-refractivity contribution in [3.05, 3.63) is 22.4 Å². The average Bonchev–Trinajstić information content (AvgIpc) is 2.91. The van der Waals surface area contributed by atoms with E-state index in [0.29, 0.717) is 6.54 Å². The maximum absolute atomic E-state index is 12.1. The lowest BCUT2D eigenvalue weighted by Gasteiger charge is -2.26. The number of thiophene rings is 1. The molecule has 4 nitrogen and oxygen atoms in total. The van der Waals surface area contributed by atoms with E-state index in [1.165, 1.54) is 4.88 Å². The first-order valence-corrected chi connectivity index (χ1v) is 7.76. The molecule has 0 aliphatic rings. The zero-order chi connectivity index (χ0) is 14.1. The minimum Gasteiger partial charge on any atom is -0.335 e. The van der Waals surface area contributed by atoms with E-state index in [0.717, 1.165) is 32.7 Å². The van der Waals surface area contributed by atoms with Crippen molar-refractivity contribution in [3.8, 4) is 0 Å². The van der Waals surface area contributed by atoms with Crippen molar-refractivity contribution in [2.24, 2.45) is 0 Å². The first-order chi connectivity index (χ1) is 9.21. The van der Waals surface area contributed by atoms with Gasteiger partial charge in [0.15, 0.2) is 0 Å². The maximum atomic E-state index is 12.1. The minimum absolute atomic E-state index is 0. The highest BCUT2D eigenvalue weighted by atomic mass is 35.5. The second-order valence-corrected chi connectivity index (χ2v) is 5.48. The third-order valence-corrected chi connectivity index (χ3v) is 4.05. The Morgan fingerprint density at radius 2 is 2.00 bits per heavy atom. The molecule has 6 heteroatoms. The normalized spacial score (nSPS) is 10.4. The molecule has 0 aliphatic carbocycles. The Bertz CT molecular complexity index is 355. The summed E-state index contributed by atoms with van der Waals surface area (Å²) in [5, 5.41) is 5.00. The van der Waals surface area contributed by atoms with Gasteiger partial charge in [0.05, 0.1) is 13.1 Å². The van der Waals surface area contributed by atoms with Crippen LogP contribution in [0.3, 0.4) is 0 Å². The van der Waals surface area contributed by atoms with Crippen molar-refractivity contribution in [2.45, 2.75) is 20.4 Å². The molecule has 0 unspecified atom stereocenters. The zero-order valence-corrected chi connectivity index (χ0v) is 14.2. The van der Waals surface area contributed by atoms with Crippen LogP contribution in [0.5, 0.6) is 0 Å². The van der Waals surface area contributed by atoms with Crippen molar-refractivity contribution in [1.29, 1.82) is 0 Å². The van der Waals surface area contributed by atoms with Gasteiger partial charge in [-0.2, -0.15) is 0 Å². The average molecular weight is 320 g/mol. The van der Waals surface area contributed by atoms with Crippen molar-refractivity contribution < 1.29 is 4.79 Å². The summed E-state index contributed by atoms with van der Waals surface area (Å²) in [4.78, 5) is 17.6. The number of hydrogen-bond donors (Lipinski definition) is 1. The van der Waals surface area contributed by atoms with Gasteiger partial charge in [-0.05, 0) is 31.6 Å².